The quantitative estimate of drug-likeness (QED) is 0.654. The van der Waals surface area contributed by atoms with E-state index < -0.39 is 6.10 Å². The Bertz CT molecular complexity index is 851. The van der Waals surface area contributed by atoms with Crippen molar-refractivity contribution in [2.45, 2.75) is 6.10 Å². The molecule has 1 fully saturated rings. The molecule has 4 rings (SSSR count). The van der Waals surface area contributed by atoms with Crippen molar-refractivity contribution >= 4 is 16.6 Å². The van der Waals surface area contributed by atoms with Gasteiger partial charge in [-0.1, -0.05) is 18.2 Å². The average Bonchev–Trinajstić information content (AvgIpc) is 3.13. The van der Waals surface area contributed by atoms with Gasteiger partial charge in [0.2, 0.25) is 0 Å². The van der Waals surface area contributed by atoms with Crippen molar-refractivity contribution in [3.05, 3.63) is 60.3 Å². The molecule has 2 heterocycles. The van der Waals surface area contributed by atoms with Gasteiger partial charge in [0.05, 0.1) is 33.3 Å². The molecule has 0 saturated carbocycles. The van der Waals surface area contributed by atoms with Gasteiger partial charge in [-0.15, -0.1) is 0 Å². The second kappa shape index (κ2) is 7.40. The number of quaternary nitrogens is 1. The average molecular weight is 352 g/mol. The van der Waals surface area contributed by atoms with E-state index in [0.29, 0.717) is 0 Å². The molecule has 1 aliphatic rings. The van der Waals surface area contributed by atoms with Crippen LogP contribution in [0.5, 0.6) is 5.75 Å². The molecule has 0 bridgehead atoms. The lowest BCUT2D eigenvalue weighted by molar-refractivity contribution is -0.904. The Labute approximate surface area is 153 Å². The number of nitrogens with one attached hydrogen (secondary N) is 2. The van der Waals surface area contributed by atoms with Crippen LogP contribution in [0, 0.1) is 0 Å². The number of hydrogen-bond acceptors (Lipinski definition) is 3. The lowest BCUT2D eigenvalue weighted by Crippen LogP contribution is -3.15. The van der Waals surface area contributed by atoms with Crippen LogP contribution in [0.3, 0.4) is 0 Å². The fraction of sp³-hybridized carbons (Fsp3) is 0.333. The van der Waals surface area contributed by atoms with Gasteiger partial charge in [-0.25, -0.2) is 0 Å². The largest absolute Gasteiger partial charge is 0.497 e. The van der Waals surface area contributed by atoms with E-state index in [0.717, 1.165) is 54.9 Å². The number of para-hydroxylation sites is 1. The van der Waals surface area contributed by atoms with Crippen LogP contribution < -0.4 is 14.5 Å². The minimum Gasteiger partial charge on any atom is -0.497 e. The van der Waals surface area contributed by atoms with Gasteiger partial charge in [-0.3, -0.25) is 0 Å². The van der Waals surface area contributed by atoms with E-state index in [4.69, 9.17) is 4.74 Å². The summed E-state index contributed by atoms with van der Waals surface area (Å²) in [4.78, 5) is 7.11. The zero-order chi connectivity index (χ0) is 17.9. The smallest absolute Gasteiger partial charge is 0.130 e. The Kier molecular flexibility index (Phi) is 4.82. The number of aliphatic hydroxyl groups is 1. The number of aliphatic hydroxyl groups excluding tert-OH is 1. The number of anilines is 1. The molecule has 0 aliphatic carbocycles. The van der Waals surface area contributed by atoms with Gasteiger partial charge in [-0.2, -0.15) is 0 Å². The Morgan fingerprint density at radius 2 is 1.85 bits per heavy atom. The molecule has 2 aromatic carbocycles. The highest BCUT2D eigenvalue weighted by molar-refractivity contribution is 5.83. The second-order valence-electron chi connectivity index (χ2n) is 6.94. The molecule has 26 heavy (non-hydrogen) atoms. The van der Waals surface area contributed by atoms with Crippen molar-refractivity contribution in [3.63, 3.8) is 0 Å². The molecule has 5 nitrogen and oxygen atoms in total. The van der Waals surface area contributed by atoms with E-state index in [-0.39, 0.29) is 0 Å². The maximum Gasteiger partial charge on any atom is 0.130 e. The fourth-order valence-corrected chi connectivity index (χ4v) is 3.83. The number of methoxy groups -OCH3 is 1. The number of rotatable bonds is 5. The van der Waals surface area contributed by atoms with Crippen molar-refractivity contribution in [3.8, 4) is 5.75 Å². The molecule has 1 atom stereocenters. The number of aromatic amines is 1. The highest BCUT2D eigenvalue weighted by Crippen LogP contribution is 2.23. The SMILES string of the molecule is COc1ccc(N2CC[NH+](C[C@@H](O)c3c[nH]c4ccccc34)CC2)cc1. The molecular formula is C21H26N3O2+. The number of piperazine rings is 1. The molecule has 1 saturated heterocycles. The first-order chi connectivity index (χ1) is 12.7. The van der Waals surface area contributed by atoms with Crippen LogP contribution in [0.15, 0.2) is 54.7 Å². The summed E-state index contributed by atoms with van der Waals surface area (Å²) in [5, 5.41) is 11.9. The molecule has 1 aromatic heterocycles. The van der Waals surface area contributed by atoms with Crippen LogP contribution in [-0.2, 0) is 0 Å². The third-order valence-electron chi connectivity index (χ3n) is 5.37. The summed E-state index contributed by atoms with van der Waals surface area (Å²) in [6, 6.07) is 16.4. The lowest BCUT2D eigenvalue weighted by atomic mass is 10.1. The molecule has 0 radical (unpaired) electrons. The minimum absolute atomic E-state index is 0.436. The maximum absolute atomic E-state index is 10.7. The first-order valence-corrected chi connectivity index (χ1v) is 9.21. The van der Waals surface area contributed by atoms with Crippen LogP contribution in [0.4, 0.5) is 5.69 Å². The van der Waals surface area contributed by atoms with E-state index in [2.05, 4.69) is 28.1 Å². The summed E-state index contributed by atoms with van der Waals surface area (Å²) < 4.78 is 5.23. The molecule has 3 aromatic rings. The summed E-state index contributed by atoms with van der Waals surface area (Å²) >= 11 is 0. The summed E-state index contributed by atoms with van der Waals surface area (Å²) in [5.74, 6) is 0.889. The summed E-state index contributed by atoms with van der Waals surface area (Å²) in [6.45, 7) is 4.82. The van der Waals surface area contributed by atoms with Crippen molar-refractivity contribution in [2.24, 2.45) is 0 Å². The number of fused-ring (bicyclic) bond motifs is 1. The zero-order valence-electron chi connectivity index (χ0n) is 15.1. The normalized spacial score (nSPS) is 16.8. The van der Waals surface area contributed by atoms with Gasteiger partial charge in [0.25, 0.3) is 0 Å². The highest BCUT2D eigenvalue weighted by Gasteiger charge is 2.24. The molecule has 0 unspecified atom stereocenters. The number of hydrogen-bond donors (Lipinski definition) is 3. The third-order valence-corrected chi connectivity index (χ3v) is 5.37. The van der Waals surface area contributed by atoms with Crippen LogP contribution in [-0.4, -0.2) is 49.9 Å². The van der Waals surface area contributed by atoms with E-state index in [1.165, 1.54) is 10.6 Å². The Morgan fingerprint density at radius 3 is 2.58 bits per heavy atom. The fourth-order valence-electron chi connectivity index (χ4n) is 3.83. The molecule has 1 aliphatic heterocycles. The van der Waals surface area contributed by atoms with Crippen molar-refractivity contribution in [1.82, 2.24) is 4.98 Å². The van der Waals surface area contributed by atoms with E-state index in [1.54, 1.807) is 7.11 Å². The standard InChI is InChI=1S/C21H25N3O2/c1-26-17-8-6-16(7-9-17)24-12-10-23(11-13-24)15-21(25)19-14-22-20-5-3-2-4-18(19)20/h2-9,14,21-22,25H,10-13,15H2,1H3/p+1/t21-/m1/s1. The Balaban J connectivity index is 1.36. The molecule has 5 heteroatoms. The van der Waals surface area contributed by atoms with Gasteiger partial charge in [-0.05, 0) is 30.3 Å². The number of nitrogens with zero attached hydrogens (tertiary/aromatic N) is 1. The number of ether oxygens (including phenoxy) is 1. The predicted molar refractivity (Wildman–Crippen MR) is 104 cm³/mol. The van der Waals surface area contributed by atoms with Crippen LogP contribution in [0.25, 0.3) is 10.9 Å². The Morgan fingerprint density at radius 1 is 1.12 bits per heavy atom. The molecular weight excluding hydrogens is 326 g/mol. The number of benzene rings is 2. The molecule has 0 amide bonds. The first-order valence-electron chi connectivity index (χ1n) is 9.21. The molecule has 136 valence electrons. The molecule has 0 spiro atoms. The summed E-state index contributed by atoms with van der Waals surface area (Å²) in [6.07, 6.45) is 1.51. The van der Waals surface area contributed by atoms with E-state index in [1.807, 2.05) is 36.5 Å². The third kappa shape index (κ3) is 3.41. The minimum atomic E-state index is -0.436. The lowest BCUT2D eigenvalue weighted by Gasteiger charge is -2.34. The van der Waals surface area contributed by atoms with Gasteiger partial charge < -0.3 is 24.6 Å². The van der Waals surface area contributed by atoms with Gasteiger partial charge in [0.1, 0.15) is 18.4 Å². The van der Waals surface area contributed by atoms with Crippen molar-refractivity contribution < 1.29 is 14.7 Å². The zero-order valence-corrected chi connectivity index (χ0v) is 15.1. The number of aromatic nitrogens is 1. The summed E-state index contributed by atoms with van der Waals surface area (Å²) in [7, 11) is 1.69. The predicted octanol–water partition coefficient (Wildman–Crippen LogP) is 1.61. The van der Waals surface area contributed by atoms with Crippen LogP contribution in [0.2, 0.25) is 0 Å². The number of H-pyrrole nitrogens is 1. The van der Waals surface area contributed by atoms with Crippen LogP contribution >= 0.6 is 0 Å². The maximum atomic E-state index is 10.7. The van der Waals surface area contributed by atoms with Gasteiger partial charge >= 0.3 is 0 Å². The van der Waals surface area contributed by atoms with Crippen molar-refractivity contribution in [2.75, 3.05) is 44.7 Å². The molecule has 3 N–H and O–H groups in total. The van der Waals surface area contributed by atoms with Crippen molar-refractivity contribution in [1.29, 1.82) is 0 Å². The monoisotopic (exact) mass is 352 g/mol. The Hall–Kier alpha value is -2.50. The first kappa shape index (κ1) is 16.9. The van der Waals surface area contributed by atoms with Crippen LogP contribution in [0.1, 0.15) is 11.7 Å². The van der Waals surface area contributed by atoms with Gasteiger partial charge in [0.15, 0.2) is 0 Å². The van der Waals surface area contributed by atoms with E-state index >= 15 is 0 Å². The highest BCUT2D eigenvalue weighted by atomic mass is 16.5. The van der Waals surface area contributed by atoms with E-state index in [9.17, 15) is 5.11 Å². The van der Waals surface area contributed by atoms with Gasteiger partial charge in [0, 0.05) is 28.4 Å². The topological polar surface area (TPSA) is 52.9 Å². The summed E-state index contributed by atoms with van der Waals surface area (Å²) in [5.41, 5.74) is 3.33. The second-order valence-corrected chi connectivity index (χ2v) is 6.94.